The molecule has 17 heavy (non-hydrogen) atoms. The van der Waals surface area contributed by atoms with Gasteiger partial charge in [0.2, 0.25) is 0 Å². The van der Waals surface area contributed by atoms with Crippen molar-refractivity contribution in [2.75, 3.05) is 27.1 Å². The van der Waals surface area contributed by atoms with E-state index in [9.17, 15) is 4.79 Å². The van der Waals surface area contributed by atoms with Crippen LogP contribution in [0.5, 0.6) is 17.2 Å². The highest BCUT2D eigenvalue weighted by molar-refractivity contribution is 8.00. The van der Waals surface area contributed by atoms with Crippen molar-refractivity contribution in [3.63, 3.8) is 0 Å². The van der Waals surface area contributed by atoms with Gasteiger partial charge >= 0.3 is 5.97 Å². The molecule has 0 fully saturated rings. The molecular weight excluding hydrogens is 244 g/mol. The van der Waals surface area contributed by atoms with Crippen LogP contribution in [0.15, 0.2) is 17.0 Å². The minimum atomic E-state index is -0.883. The van der Waals surface area contributed by atoms with E-state index >= 15 is 0 Å². The fourth-order valence-corrected chi connectivity index (χ4v) is 2.01. The lowest BCUT2D eigenvalue weighted by Gasteiger charge is -2.13. The standard InChI is InChI=1S/C11H14O5S/c1-14-7-4-9(16-3)10(5-8(7)15-2)17-6-11(12)13/h4-5H,6H2,1-3H3,(H,12,13). The van der Waals surface area contributed by atoms with Crippen molar-refractivity contribution in [2.45, 2.75) is 4.90 Å². The first kappa shape index (κ1) is 13.5. The van der Waals surface area contributed by atoms with Crippen LogP contribution in [0.25, 0.3) is 0 Å². The molecule has 1 N–H and O–H groups in total. The third kappa shape index (κ3) is 3.45. The van der Waals surface area contributed by atoms with Gasteiger partial charge in [-0.3, -0.25) is 4.79 Å². The van der Waals surface area contributed by atoms with Crippen LogP contribution < -0.4 is 14.2 Å². The number of carbonyl (C=O) groups is 1. The first-order valence-corrected chi connectivity index (χ1v) is 5.75. The lowest BCUT2D eigenvalue weighted by molar-refractivity contribution is -0.133. The molecule has 0 aliphatic carbocycles. The Bertz CT molecular complexity index is 405. The van der Waals surface area contributed by atoms with Crippen LogP contribution in [0.4, 0.5) is 0 Å². The summed E-state index contributed by atoms with van der Waals surface area (Å²) >= 11 is 1.17. The fourth-order valence-electron chi connectivity index (χ4n) is 1.25. The second-order valence-electron chi connectivity index (χ2n) is 3.04. The number of aliphatic carboxylic acids is 1. The molecule has 0 amide bonds. The second kappa shape index (κ2) is 6.24. The van der Waals surface area contributed by atoms with Crippen molar-refractivity contribution in [1.29, 1.82) is 0 Å². The van der Waals surface area contributed by atoms with Crippen LogP contribution >= 0.6 is 11.8 Å². The summed E-state index contributed by atoms with van der Waals surface area (Å²) in [5, 5.41) is 8.65. The molecule has 1 aromatic carbocycles. The van der Waals surface area contributed by atoms with E-state index in [4.69, 9.17) is 19.3 Å². The van der Waals surface area contributed by atoms with Crippen molar-refractivity contribution in [3.05, 3.63) is 12.1 Å². The summed E-state index contributed by atoms with van der Waals surface area (Å²) in [6.07, 6.45) is 0. The SMILES string of the molecule is COc1cc(OC)c(SCC(=O)O)cc1OC. The lowest BCUT2D eigenvalue weighted by atomic mass is 10.3. The van der Waals surface area contributed by atoms with Crippen molar-refractivity contribution in [3.8, 4) is 17.2 Å². The van der Waals surface area contributed by atoms with E-state index in [-0.39, 0.29) is 5.75 Å². The monoisotopic (exact) mass is 258 g/mol. The summed E-state index contributed by atoms with van der Waals surface area (Å²) in [7, 11) is 4.57. The molecule has 1 rings (SSSR count). The first-order chi connectivity index (χ1) is 8.12. The number of thioether (sulfide) groups is 1. The number of ether oxygens (including phenoxy) is 3. The van der Waals surface area contributed by atoms with E-state index in [2.05, 4.69) is 0 Å². The van der Waals surface area contributed by atoms with E-state index in [1.165, 1.54) is 33.1 Å². The summed E-state index contributed by atoms with van der Waals surface area (Å²) in [6, 6.07) is 3.37. The van der Waals surface area contributed by atoms with E-state index in [1.807, 2.05) is 0 Å². The van der Waals surface area contributed by atoms with Gasteiger partial charge in [0.05, 0.1) is 32.0 Å². The number of carboxylic acid groups (broad SMARTS) is 1. The van der Waals surface area contributed by atoms with Crippen LogP contribution in [0.2, 0.25) is 0 Å². The highest BCUT2D eigenvalue weighted by atomic mass is 32.2. The van der Waals surface area contributed by atoms with Gasteiger partial charge in [0.25, 0.3) is 0 Å². The maximum absolute atomic E-state index is 10.5. The Morgan fingerprint density at radius 3 is 2.12 bits per heavy atom. The molecule has 0 aliphatic heterocycles. The number of rotatable bonds is 6. The first-order valence-electron chi connectivity index (χ1n) is 4.77. The minimum Gasteiger partial charge on any atom is -0.495 e. The predicted molar refractivity (Wildman–Crippen MR) is 64.5 cm³/mol. The fraction of sp³-hybridized carbons (Fsp3) is 0.364. The summed E-state index contributed by atoms with van der Waals surface area (Å²) in [5.41, 5.74) is 0. The molecule has 1 aromatic rings. The van der Waals surface area contributed by atoms with E-state index in [1.54, 1.807) is 12.1 Å². The smallest absolute Gasteiger partial charge is 0.313 e. The van der Waals surface area contributed by atoms with Gasteiger partial charge in [-0.15, -0.1) is 11.8 Å². The largest absolute Gasteiger partial charge is 0.495 e. The van der Waals surface area contributed by atoms with Gasteiger partial charge in [-0.2, -0.15) is 0 Å². The number of hydrogen-bond acceptors (Lipinski definition) is 5. The zero-order valence-corrected chi connectivity index (χ0v) is 10.7. The molecule has 0 spiro atoms. The Hall–Kier alpha value is -1.56. The van der Waals surface area contributed by atoms with Crippen molar-refractivity contribution in [2.24, 2.45) is 0 Å². The molecule has 6 heteroatoms. The molecule has 0 radical (unpaired) electrons. The average Bonchev–Trinajstić information content (AvgIpc) is 2.34. The number of hydrogen-bond donors (Lipinski definition) is 1. The Kier molecular flexibility index (Phi) is 4.96. The molecule has 94 valence electrons. The molecule has 0 saturated carbocycles. The Morgan fingerprint density at radius 2 is 1.65 bits per heavy atom. The topological polar surface area (TPSA) is 65.0 Å². The van der Waals surface area contributed by atoms with Gasteiger partial charge in [0, 0.05) is 12.1 Å². The minimum absolute atomic E-state index is 0.0359. The van der Waals surface area contributed by atoms with Gasteiger partial charge in [0.1, 0.15) is 5.75 Å². The Balaban J connectivity index is 3.05. The second-order valence-corrected chi connectivity index (χ2v) is 4.06. The maximum Gasteiger partial charge on any atom is 0.313 e. The summed E-state index contributed by atoms with van der Waals surface area (Å²) in [4.78, 5) is 11.2. The average molecular weight is 258 g/mol. The lowest BCUT2D eigenvalue weighted by Crippen LogP contribution is -1.99. The Labute approximate surface area is 104 Å². The molecule has 0 atom stereocenters. The number of benzene rings is 1. The third-order valence-corrected chi connectivity index (χ3v) is 3.04. The van der Waals surface area contributed by atoms with Gasteiger partial charge in [-0.25, -0.2) is 0 Å². The van der Waals surface area contributed by atoms with Gasteiger partial charge in [-0.05, 0) is 0 Å². The molecular formula is C11H14O5S. The van der Waals surface area contributed by atoms with Crippen molar-refractivity contribution >= 4 is 17.7 Å². The summed E-state index contributed by atoms with van der Waals surface area (Å²) < 4.78 is 15.4. The highest BCUT2D eigenvalue weighted by Gasteiger charge is 2.13. The van der Waals surface area contributed by atoms with Crippen molar-refractivity contribution in [1.82, 2.24) is 0 Å². The van der Waals surface area contributed by atoms with Crippen LogP contribution in [-0.4, -0.2) is 38.2 Å². The molecule has 0 bridgehead atoms. The Morgan fingerprint density at radius 1 is 1.12 bits per heavy atom. The quantitative estimate of drug-likeness (QED) is 0.786. The summed E-state index contributed by atoms with van der Waals surface area (Å²) in [5.74, 6) is 0.734. The van der Waals surface area contributed by atoms with Crippen LogP contribution in [0, 0.1) is 0 Å². The maximum atomic E-state index is 10.5. The molecule has 0 heterocycles. The van der Waals surface area contributed by atoms with Gasteiger partial charge < -0.3 is 19.3 Å². The van der Waals surface area contributed by atoms with Gasteiger partial charge in [0.15, 0.2) is 11.5 Å². The molecule has 0 saturated heterocycles. The summed E-state index contributed by atoms with van der Waals surface area (Å²) in [6.45, 7) is 0. The predicted octanol–water partition coefficient (Wildman–Crippen LogP) is 1.89. The highest BCUT2D eigenvalue weighted by Crippen LogP contribution is 2.39. The molecule has 5 nitrogen and oxygen atoms in total. The van der Waals surface area contributed by atoms with Crippen LogP contribution in [0.1, 0.15) is 0 Å². The molecule has 0 unspecified atom stereocenters. The number of carboxylic acids is 1. The van der Waals surface area contributed by atoms with Crippen LogP contribution in [0.3, 0.4) is 0 Å². The zero-order valence-electron chi connectivity index (χ0n) is 9.85. The van der Waals surface area contributed by atoms with Crippen LogP contribution in [-0.2, 0) is 4.79 Å². The zero-order chi connectivity index (χ0) is 12.8. The van der Waals surface area contributed by atoms with Gasteiger partial charge in [-0.1, -0.05) is 0 Å². The molecule has 0 aliphatic rings. The third-order valence-electron chi connectivity index (χ3n) is 2.02. The number of methoxy groups -OCH3 is 3. The van der Waals surface area contributed by atoms with E-state index in [0.717, 1.165) is 0 Å². The molecule has 0 aromatic heterocycles. The normalized spacial score (nSPS) is 9.82. The van der Waals surface area contributed by atoms with Crippen molar-refractivity contribution < 1.29 is 24.1 Å². The van der Waals surface area contributed by atoms with E-state index in [0.29, 0.717) is 22.1 Å². The van der Waals surface area contributed by atoms with E-state index < -0.39 is 5.97 Å².